The lowest BCUT2D eigenvalue weighted by atomic mass is 10.1. The van der Waals surface area contributed by atoms with Crippen LogP contribution in [-0.2, 0) is 0 Å². The molecule has 146 valence electrons. The topological polar surface area (TPSA) is 70.2 Å². The number of thiophene rings is 1. The van der Waals surface area contributed by atoms with E-state index in [4.69, 9.17) is 0 Å². The van der Waals surface area contributed by atoms with Gasteiger partial charge in [0.25, 0.3) is 0 Å². The summed E-state index contributed by atoms with van der Waals surface area (Å²) in [6.45, 7) is 6.22. The predicted octanol–water partition coefficient (Wildman–Crippen LogP) is 4.37. The SMILES string of the molecule is C=C(/C=c1/c(-c2cc3c(-c4cccs4)ccnc3[nH]2)n[nH]/c1=C/C)c1cccnc1. The molecule has 0 saturated heterocycles. The van der Waals surface area contributed by atoms with Crippen molar-refractivity contribution < 1.29 is 0 Å². The molecule has 0 aliphatic heterocycles. The molecule has 0 aliphatic carbocycles. The highest BCUT2D eigenvalue weighted by Gasteiger charge is 2.13. The summed E-state index contributed by atoms with van der Waals surface area (Å²) in [7, 11) is 0. The molecule has 5 aromatic rings. The van der Waals surface area contributed by atoms with Crippen LogP contribution in [0, 0.1) is 0 Å². The van der Waals surface area contributed by atoms with Gasteiger partial charge in [-0.3, -0.25) is 10.1 Å². The average Bonchev–Trinajstić information content (AvgIpc) is 3.53. The Morgan fingerprint density at radius 2 is 2.10 bits per heavy atom. The zero-order chi connectivity index (χ0) is 20.5. The number of fused-ring (bicyclic) bond motifs is 1. The number of hydrogen-bond acceptors (Lipinski definition) is 4. The van der Waals surface area contributed by atoms with Gasteiger partial charge in [0.15, 0.2) is 0 Å². The van der Waals surface area contributed by atoms with Crippen molar-refractivity contribution in [3.8, 4) is 21.8 Å². The summed E-state index contributed by atoms with van der Waals surface area (Å²) in [4.78, 5) is 13.4. The molecule has 0 amide bonds. The molecule has 0 fully saturated rings. The number of H-pyrrole nitrogens is 2. The van der Waals surface area contributed by atoms with Crippen LogP contribution in [0.5, 0.6) is 0 Å². The van der Waals surface area contributed by atoms with Gasteiger partial charge in [-0.1, -0.05) is 24.8 Å². The van der Waals surface area contributed by atoms with Crippen LogP contribution in [0.3, 0.4) is 0 Å². The van der Waals surface area contributed by atoms with Gasteiger partial charge in [0.1, 0.15) is 11.3 Å². The predicted molar refractivity (Wildman–Crippen MR) is 124 cm³/mol. The Morgan fingerprint density at radius 3 is 2.87 bits per heavy atom. The van der Waals surface area contributed by atoms with Gasteiger partial charge >= 0.3 is 0 Å². The summed E-state index contributed by atoms with van der Waals surface area (Å²) in [6, 6.07) is 12.3. The molecule has 5 rings (SSSR count). The summed E-state index contributed by atoms with van der Waals surface area (Å²) in [5, 5.41) is 12.8. The third kappa shape index (κ3) is 3.17. The van der Waals surface area contributed by atoms with E-state index >= 15 is 0 Å². The highest BCUT2D eigenvalue weighted by atomic mass is 32.1. The van der Waals surface area contributed by atoms with Gasteiger partial charge in [0.2, 0.25) is 0 Å². The Balaban J connectivity index is 1.68. The zero-order valence-corrected chi connectivity index (χ0v) is 17.2. The van der Waals surface area contributed by atoms with E-state index < -0.39 is 0 Å². The maximum absolute atomic E-state index is 4.59. The van der Waals surface area contributed by atoms with Gasteiger partial charge in [-0.05, 0) is 53.8 Å². The van der Waals surface area contributed by atoms with Crippen LogP contribution in [0.2, 0.25) is 0 Å². The lowest BCUT2D eigenvalue weighted by Crippen LogP contribution is -2.23. The van der Waals surface area contributed by atoms with Gasteiger partial charge in [-0.25, -0.2) is 4.98 Å². The van der Waals surface area contributed by atoms with Crippen molar-refractivity contribution in [3.63, 3.8) is 0 Å². The maximum atomic E-state index is 4.59. The van der Waals surface area contributed by atoms with Crippen molar-refractivity contribution >= 4 is 40.1 Å². The molecule has 0 aromatic carbocycles. The molecule has 5 aromatic heterocycles. The molecule has 0 unspecified atom stereocenters. The number of aromatic nitrogens is 5. The standard InChI is InChI=1S/C24H19N5S/c1-3-20-19(12-15(2)16-6-4-9-25-14-16)23(29-28-20)21-13-18-17(22-7-5-11-30-22)8-10-26-24(18)27-21/h3-14,28H,2H2,1H3,(H,26,27)/b19-12+,20-3+. The zero-order valence-electron chi connectivity index (χ0n) is 16.4. The Bertz CT molecular complexity index is 1460. The lowest BCUT2D eigenvalue weighted by molar-refractivity contribution is 1.06. The number of nitrogens with zero attached hydrogens (tertiary/aromatic N) is 3. The number of pyridine rings is 2. The number of allylic oxidation sites excluding steroid dienone is 1. The van der Waals surface area contributed by atoms with Gasteiger partial charge in [-0.15, -0.1) is 11.3 Å². The van der Waals surface area contributed by atoms with E-state index in [1.807, 2.05) is 43.6 Å². The van der Waals surface area contributed by atoms with Gasteiger partial charge in [0.05, 0.1) is 11.0 Å². The van der Waals surface area contributed by atoms with Crippen LogP contribution < -0.4 is 10.6 Å². The summed E-state index contributed by atoms with van der Waals surface area (Å²) >= 11 is 1.72. The van der Waals surface area contributed by atoms with Gasteiger partial charge < -0.3 is 4.98 Å². The van der Waals surface area contributed by atoms with Crippen LogP contribution in [-0.4, -0.2) is 25.1 Å². The monoisotopic (exact) mass is 409 g/mol. The molecule has 0 radical (unpaired) electrons. The second-order valence-electron chi connectivity index (χ2n) is 6.88. The number of nitrogens with one attached hydrogen (secondary N) is 2. The molecule has 2 N–H and O–H groups in total. The first-order valence-corrected chi connectivity index (χ1v) is 10.5. The first-order valence-electron chi connectivity index (χ1n) is 9.58. The fourth-order valence-corrected chi connectivity index (χ4v) is 4.31. The van der Waals surface area contributed by atoms with E-state index in [1.165, 1.54) is 10.4 Å². The van der Waals surface area contributed by atoms with Crippen molar-refractivity contribution in [3.05, 3.63) is 83.1 Å². The number of rotatable bonds is 4. The molecule has 5 nitrogen and oxygen atoms in total. The Hall–Kier alpha value is -3.77. The van der Waals surface area contributed by atoms with Crippen LogP contribution in [0.1, 0.15) is 12.5 Å². The van der Waals surface area contributed by atoms with Crippen LogP contribution in [0.4, 0.5) is 0 Å². The fraction of sp³-hybridized carbons (Fsp3) is 0.0417. The quantitative estimate of drug-likeness (QED) is 0.463. The molecule has 0 bridgehead atoms. The largest absolute Gasteiger partial charge is 0.338 e. The van der Waals surface area contributed by atoms with Crippen molar-refractivity contribution in [1.29, 1.82) is 0 Å². The van der Waals surface area contributed by atoms with Crippen LogP contribution in [0.25, 0.3) is 50.6 Å². The first kappa shape index (κ1) is 18.3. The highest BCUT2D eigenvalue weighted by Crippen LogP contribution is 2.32. The van der Waals surface area contributed by atoms with Crippen molar-refractivity contribution in [2.75, 3.05) is 0 Å². The number of hydrogen-bond donors (Lipinski definition) is 2. The van der Waals surface area contributed by atoms with Gasteiger partial charge in [0, 0.05) is 39.6 Å². The summed E-state index contributed by atoms with van der Waals surface area (Å²) < 4.78 is 0. The summed E-state index contributed by atoms with van der Waals surface area (Å²) in [5.74, 6) is 0. The van der Waals surface area contributed by atoms with E-state index in [1.54, 1.807) is 17.5 Å². The minimum atomic E-state index is 0.836. The smallest absolute Gasteiger partial charge is 0.138 e. The number of aromatic amines is 2. The van der Waals surface area contributed by atoms with Gasteiger partial charge in [-0.2, -0.15) is 5.10 Å². The third-order valence-corrected chi connectivity index (χ3v) is 5.95. The van der Waals surface area contributed by atoms with E-state index in [0.717, 1.165) is 44.1 Å². The van der Waals surface area contributed by atoms with Crippen molar-refractivity contribution in [2.24, 2.45) is 0 Å². The fourth-order valence-electron chi connectivity index (χ4n) is 3.55. The summed E-state index contributed by atoms with van der Waals surface area (Å²) in [5.41, 5.74) is 5.62. The molecule has 0 saturated carbocycles. The van der Waals surface area contributed by atoms with Crippen LogP contribution >= 0.6 is 11.3 Å². The second kappa shape index (κ2) is 7.57. The minimum absolute atomic E-state index is 0.836. The maximum Gasteiger partial charge on any atom is 0.138 e. The molecule has 30 heavy (non-hydrogen) atoms. The molecule has 5 heterocycles. The first-order chi connectivity index (χ1) is 14.7. The average molecular weight is 410 g/mol. The Morgan fingerprint density at radius 1 is 1.17 bits per heavy atom. The molecule has 0 aliphatic rings. The minimum Gasteiger partial charge on any atom is -0.338 e. The van der Waals surface area contributed by atoms with Crippen molar-refractivity contribution in [1.82, 2.24) is 25.1 Å². The lowest BCUT2D eigenvalue weighted by Gasteiger charge is -1.99. The summed E-state index contributed by atoms with van der Waals surface area (Å²) in [6.07, 6.45) is 9.47. The van der Waals surface area contributed by atoms with Crippen molar-refractivity contribution in [2.45, 2.75) is 6.92 Å². The normalized spacial score (nSPS) is 12.7. The van der Waals surface area contributed by atoms with E-state index in [9.17, 15) is 0 Å². The molecular formula is C24H19N5S. The molecule has 6 heteroatoms. The molecule has 0 spiro atoms. The van der Waals surface area contributed by atoms with E-state index in [-0.39, 0.29) is 0 Å². The Labute approximate surface area is 177 Å². The molecular weight excluding hydrogens is 390 g/mol. The third-order valence-electron chi connectivity index (χ3n) is 5.05. The Kier molecular flexibility index (Phi) is 4.61. The van der Waals surface area contributed by atoms with E-state index in [2.05, 4.69) is 61.4 Å². The molecule has 0 atom stereocenters. The van der Waals surface area contributed by atoms with Crippen LogP contribution in [0.15, 0.2) is 66.9 Å². The second-order valence-corrected chi connectivity index (χ2v) is 7.83. The van der Waals surface area contributed by atoms with E-state index in [0.29, 0.717) is 0 Å². The highest BCUT2D eigenvalue weighted by molar-refractivity contribution is 7.13.